The van der Waals surface area contributed by atoms with Crippen LogP contribution in [0.15, 0.2) is 48.5 Å². The largest absolute Gasteiger partial charge is 0.493 e. The van der Waals surface area contributed by atoms with Gasteiger partial charge in [-0.1, -0.05) is 54.6 Å². The minimum Gasteiger partial charge on any atom is -0.493 e. The number of hydrogen-bond donors (Lipinski definition) is 0. The predicted octanol–water partition coefficient (Wildman–Crippen LogP) is 3.87. The van der Waals surface area contributed by atoms with Crippen LogP contribution in [0.4, 0.5) is 0 Å². The van der Waals surface area contributed by atoms with E-state index >= 15 is 0 Å². The van der Waals surface area contributed by atoms with Crippen molar-refractivity contribution < 1.29 is 9.47 Å². The molecule has 0 aliphatic heterocycles. The van der Waals surface area contributed by atoms with Gasteiger partial charge >= 0.3 is 0 Å². The number of para-hydroxylation sites is 1. The van der Waals surface area contributed by atoms with Crippen LogP contribution in [-0.4, -0.2) is 14.2 Å². The highest BCUT2D eigenvalue weighted by Gasteiger charge is 2.06. The fourth-order valence-electron chi connectivity index (χ4n) is 1.79. The average molecular weight is 240 g/mol. The lowest BCUT2D eigenvalue weighted by molar-refractivity contribution is 0.354. The van der Waals surface area contributed by atoms with E-state index in [9.17, 15) is 0 Å². The quantitative estimate of drug-likeness (QED) is 0.755. The van der Waals surface area contributed by atoms with Crippen molar-refractivity contribution in [1.29, 1.82) is 0 Å². The molecule has 18 heavy (non-hydrogen) atoms. The second-order valence-electron chi connectivity index (χ2n) is 3.83. The van der Waals surface area contributed by atoms with Gasteiger partial charge in [0, 0.05) is 5.56 Å². The third-order valence-electron chi connectivity index (χ3n) is 2.69. The Morgan fingerprint density at radius 2 is 1.56 bits per heavy atom. The smallest absolute Gasteiger partial charge is 0.167 e. The van der Waals surface area contributed by atoms with E-state index in [0.29, 0.717) is 0 Å². The molecule has 0 unspecified atom stereocenters. The van der Waals surface area contributed by atoms with Gasteiger partial charge in [-0.05, 0) is 11.6 Å². The van der Waals surface area contributed by atoms with Crippen molar-refractivity contribution in [2.75, 3.05) is 14.2 Å². The van der Waals surface area contributed by atoms with Gasteiger partial charge in [-0.2, -0.15) is 0 Å². The zero-order valence-corrected chi connectivity index (χ0v) is 10.6. The van der Waals surface area contributed by atoms with Gasteiger partial charge in [-0.25, -0.2) is 0 Å². The molecule has 0 spiro atoms. The minimum absolute atomic E-state index is 0.743. The van der Waals surface area contributed by atoms with Crippen LogP contribution >= 0.6 is 0 Å². The second kappa shape index (κ2) is 5.92. The Balaban J connectivity index is 2.32. The summed E-state index contributed by atoms with van der Waals surface area (Å²) < 4.78 is 10.6. The third kappa shape index (κ3) is 2.72. The molecule has 0 radical (unpaired) electrons. The Labute approximate surface area is 107 Å². The van der Waals surface area contributed by atoms with Crippen LogP contribution in [-0.2, 0) is 0 Å². The number of benzene rings is 2. The highest BCUT2D eigenvalue weighted by Crippen LogP contribution is 2.31. The van der Waals surface area contributed by atoms with Gasteiger partial charge in [0.05, 0.1) is 14.2 Å². The van der Waals surface area contributed by atoms with Crippen LogP contribution in [0.25, 0.3) is 12.2 Å². The van der Waals surface area contributed by atoms with Crippen molar-refractivity contribution in [3.63, 3.8) is 0 Å². The molecule has 0 aromatic heterocycles. The number of ether oxygens (including phenoxy) is 2. The van der Waals surface area contributed by atoms with Crippen molar-refractivity contribution >= 4 is 12.2 Å². The monoisotopic (exact) mass is 240 g/mol. The van der Waals surface area contributed by atoms with E-state index in [4.69, 9.17) is 9.47 Å². The third-order valence-corrected chi connectivity index (χ3v) is 2.69. The summed E-state index contributed by atoms with van der Waals surface area (Å²) in [6, 6.07) is 16.0. The summed E-state index contributed by atoms with van der Waals surface area (Å²) in [6.45, 7) is 0. The maximum atomic E-state index is 5.38. The molecule has 0 aliphatic carbocycles. The summed E-state index contributed by atoms with van der Waals surface area (Å²) in [6.07, 6.45) is 4.08. The fourth-order valence-corrected chi connectivity index (χ4v) is 1.79. The zero-order valence-electron chi connectivity index (χ0n) is 10.6. The van der Waals surface area contributed by atoms with Crippen molar-refractivity contribution in [1.82, 2.24) is 0 Å². The summed E-state index contributed by atoms with van der Waals surface area (Å²) in [5.41, 5.74) is 2.16. The van der Waals surface area contributed by atoms with E-state index in [-0.39, 0.29) is 0 Å². The Morgan fingerprint density at radius 1 is 0.778 bits per heavy atom. The summed E-state index contributed by atoms with van der Waals surface area (Å²) in [5.74, 6) is 1.50. The van der Waals surface area contributed by atoms with Gasteiger partial charge in [0.1, 0.15) is 0 Å². The maximum absolute atomic E-state index is 5.38. The van der Waals surface area contributed by atoms with Gasteiger partial charge < -0.3 is 9.47 Å². The van der Waals surface area contributed by atoms with Crippen molar-refractivity contribution in [2.45, 2.75) is 0 Å². The molecule has 92 valence electrons. The zero-order chi connectivity index (χ0) is 12.8. The van der Waals surface area contributed by atoms with Crippen LogP contribution in [0.3, 0.4) is 0 Å². The highest BCUT2D eigenvalue weighted by atomic mass is 16.5. The first-order valence-electron chi connectivity index (χ1n) is 5.79. The molecule has 0 heterocycles. The van der Waals surface area contributed by atoms with Crippen molar-refractivity contribution in [3.05, 3.63) is 59.7 Å². The standard InChI is InChI=1S/C16H16O2/c1-17-15-10-6-9-14(16(15)18-2)12-11-13-7-4-3-5-8-13/h3-12H,1-2H3/b12-11+. The number of hydrogen-bond acceptors (Lipinski definition) is 2. The van der Waals surface area contributed by atoms with E-state index < -0.39 is 0 Å². The predicted molar refractivity (Wildman–Crippen MR) is 74.9 cm³/mol. The SMILES string of the molecule is COc1cccc(/C=C/c2ccccc2)c1OC. The Bertz CT molecular complexity index is 530. The summed E-state index contributed by atoms with van der Waals surface area (Å²) in [7, 11) is 3.29. The highest BCUT2D eigenvalue weighted by molar-refractivity contribution is 5.74. The molecule has 0 fully saturated rings. The lowest BCUT2D eigenvalue weighted by Gasteiger charge is -2.09. The molecular formula is C16H16O2. The van der Waals surface area contributed by atoms with Crippen LogP contribution in [0.5, 0.6) is 11.5 Å². The lowest BCUT2D eigenvalue weighted by atomic mass is 10.1. The van der Waals surface area contributed by atoms with Crippen LogP contribution < -0.4 is 9.47 Å². The van der Waals surface area contributed by atoms with Gasteiger partial charge in [0.2, 0.25) is 0 Å². The molecule has 2 nitrogen and oxygen atoms in total. The van der Waals surface area contributed by atoms with E-state index in [0.717, 1.165) is 22.6 Å². The normalized spacial score (nSPS) is 10.6. The molecule has 2 aromatic rings. The van der Waals surface area contributed by atoms with Gasteiger partial charge in [-0.3, -0.25) is 0 Å². The van der Waals surface area contributed by atoms with Gasteiger partial charge in [0.15, 0.2) is 11.5 Å². The lowest BCUT2D eigenvalue weighted by Crippen LogP contribution is -1.92. The number of rotatable bonds is 4. The van der Waals surface area contributed by atoms with Gasteiger partial charge in [-0.15, -0.1) is 0 Å². The molecule has 0 bridgehead atoms. The van der Waals surface area contributed by atoms with Crippen molar-refractivity contribution in [3.8, 4) is 11.5 Å². The number of methoxy groups -OCH3 is 2. The second-order valence-corrected chi connectivity index (χ2v) is 3.83. The Hall–Kier alpha value is -2.22. The first-order chi connectivity index (χ1) is 8.85. The minimum atomic E-state index is 0.743. The topological polar surface area (TPSA) is 18.5 Å². The van der Waals surface area contributed by atoms with E-state index in [1.54, 1.807) is 14.2 Å². The van der Waals surface area contributed by atoms with Crippen LogP contribution in [0, 0.1) is 0 Å². The Kier molecular flexibility index (Phi) is 4.02. The summed E-state index contributed by atoms with van der Waals surface area (Å²) >= 11 is 0. The molecule has 0 N–H and O–H groups in total. The molecule has 0 saturated heterocycles. The molecule has 0 amide bonds. The molecule has 2 rings (SSSR count). The Morgan fingerprint density at radius 3 is 2.22 bits per heavy atom. The molecular weight excluding hydrogens is 224 g/mol. The van der Waals surface area contributed by atoms with Gasteiger partial charge in [0.25, 0.3) is 0 Å². The van der Waals surface area contributed by atoms with E-state index in [1.807, 2.05) is 42.5 Å². The van der Waals surface area contributed by atoms with E-state index in [1.165, 1.54) is 0 Å². The molecule has 2 heteroatoms. The molecule has 0 aliphatic rings. The average Bonchev–Trinajstić information content (AvgIpc) is 2.45. The summed E-state index contributed by atoms with van der Waals surface area (Å²) in [5, 5.41) is 0. The van der Waals surface area contributed by atoms with Crippen LogP contribution in [0.1, 0.15) is 11.1 Å². The van der Waals surface area contributed by atoms with Crippen molar-refractivity contribution in [2.24, 2.45) is 0 Å². The molecule has 2 aromatic carbocycles. The maximum Gasteiger partial charge on any atom is 0.167 e. The first-order valence-corrected chi connectivity index (χ1v) is 5.79. The summed E-state index contributed by atoms with van der Waals surface area (Å²) in [4.78, 5) is 0. The fraction of sp³-hybridized carbons (Fsp3) is 0.125. The molecule has 0 atom stereocenters. The van der Waals surface area contributed by atoms with Crippen LogP contribution in [0.2, 0.25) is 0 Å². The first kappa shape index (κ1) is 12.2. The molecule has 0 saturated carbocycles. The van der Waals surface area contributed by atoms with E-state index in [2.05, 4.69) is 18.2 Å².